The molecule has 1 aromatic heterocycles. The van der Waals surface area contributed by atoms with E-state index in [1.54, 1.807) is 4.68 Å². The van der Waals surface area contributed by atoms with E-state index < -0.39 is 0 Å². The van der Waals surface area contributed by atoms with E-state index in [1.165, 1.54) is 11.4 Å². The van der Waals surface area contributed by atoms with Gasteiger partial charge < -0.3 is 19.0 Å². The van der Waals surface area contributed by atoms with Gasteiger partial charge >= 0.3 is 0 Å². The lowest BCUT2D eigenvalue weighted by molar-refractivity contribution is -0.112. The number of tetrazole rings is 1. The van der Waals surface area contributed by atoms with Gasteiger partial charge in [0.25, 0.3) is 0 Å². The lowest BCUT2D eigenvalue weighted by atomic mass is 10.3. The van der Waals surface area contributed by atoms with E-state index in [9.17, 15) is 4.79 Å². The molecule has 1 atom stereocenters. The maximum Gasteiger partial charge on any atom is 0.217 e. The molecule has 23 heavy (non-hydrogen) atoms. The second kappa shape index (κ2) is 10.3. The summed E-state index contributed by atoms with van der Waals surface area (Å²) < 4.78 is 17.5. The van der Waals surface area contributed by atoms with Crippen molar-refractivity contribution in [3.05, 3.63) is 24.3 Å². The van der Waals surface area contributed by atoms with Gasteiger partial charge in [-0.1, -0.05) is 19.8 Å². The van der Waals surface area contributed by atoms with Crippen LogP contribution in [0.25, 0.3) is 5.69 Å². The molecule has 1 unspecified atom stereocenters. The SMILES string of the molecule is O=CCOCCOCCOc1ccc(-n2nnnc2SP)cc1. The number of hydrogen-bond acceptors (Lipinski definition) is 8. The van der Waals surface area contributed by atoms with E-state index in [2.05, 4.69) is 24.0 Å². The number of benzene rings is 1. The van der Waals surface area contributed by atoms with Crippen LogP contribution in [-0.4, -0.2) is 59.5 Å². The summed E-state index contributed by atoms with van der Waals surface area (Å²) in [6.07, 6.45) is 0.711. The fourth-order valence-electron chi connectivity index (χ4n) is 1.67. The number of aromatic nitrogens is 4. The van der Waals surface area contributed by atoms with Crippen molar-refractivity contribution in [1.29, 1.82) is 0 Å². The molecule has 0 bridgehead atoms. The van der Waals surface area contributed by atoms with Crippen molar-refractivity contribution in [3.63, 3.8) is 0 Å². The highest BCUT2D eigenvalue weighted by Crippen LogP contribution is 2.24. The summed E-state index contributed by atoms with van der Waals surface area (Å²) in [5.74, 6) is 0.739. The van der Waals surface area contributed by atoms with Crippen LogP contribution in [0.5, 0.6) is 5.75 Å². The number of carbonyl (C=O) groups excluding carboxylic acids is 1. The summed E-state index contributed by atoms with van der Waals surface area (Å²) in [6.45, 7) is 1.82. The number of aldehydes is 1. The zero-order chi connectivity index (χ0) is 16.3. The number of nitrogens with zero attached hydrogens (tertiary/aromatic N) is 4. The minimum atomic E-state index is 0.102. The predicted molar refractivity (Wildman–Crippen MR) is 87.9 cm³/mol. The molecule has 0 N–H and O–H groups in total. The topological polar surface area (TPSA) is 88.4 Å². The van der Waals surface area contributed by atoms with Crippen LogP contribution in [-0.2, 0) is 14.3 Å². The van der Waals surface area contributed by atoms with Gasteiger partial charge in [-0.25, -0.2) is 0 Å². The molecule has 0 radical (unpaired) electrons. The Morgan fingerprint density at radius 3 is 2.61 bits per heavy atom. The van der Waals surface area contributed by atoms with Gasteiger partial charge in [0.2, 0.25) is 5.16 Å². The van der Waals surface area contributed by atoms with Crippen LogP contribution < -0.4 is 4.74 Å². The van der Waals surface area contributed by atoms with Crippen molar-refractivity contribution >= 4 is 26.1 Å². The van der Waals surface area contributed by atoms with Crippen LogP contribution in [0.1, 0.15) is 0 Å². The Bertz CT molecular complexity index is 596. The van der Waals surface area contributed by atoms with Crippen molar-refractivity contribution in [1.82, 2.24) is 20.2 Å². The molecule has 0 saturated heterocycles. The molecule has 0 saturated carbocycles. The standard InChI is InChI=1S/C13H17N4O4PS/c18-5-6-19-7-8-20-9-10-21-12-3-1-11(2-4-12)17-13(23-22)14-15-16-17/h1-5H,6-10,22H2. The molecule has 0 fully saturated rings. The van der Waals surface area contributed by atoms with E-state index in [0.717, 1.165) is 11.4 Å². The van der Waals surface area contributed by atoms with E-state index >= 15 is 0 Å². The molecular formula is C13H17N4O4PS. The molecule has 8 nitrogen and oxygen atoms in total. The van der Waals surface area contributed by atoms with Gasteiger partial charge in [-0.3, -0.25) is 0 Å². The van der Waals surface area contributed by atoms with Crippen LogP contribution in [0.4, 0.5) is 0 Å². The van der Waals surface area contributed by atoms with Crippen LogP contribution >= 0.6 is 19.8 Å². The van der Waals surface area contributed by atoms with Gasteiger partial charge in [0, 0.05) is 0 Å². The third-order valence-corrected chi connectivity index (χ3v) is 3.78. The second-order valence-electron chi connectivity index (χ2n) is 4.19. The Balaban J connectivity index is 1.70. The third kappa shape index (κ3) is 5.87. The molecule has 10 heteroatoms. The molecule has 0 amide bonds. The molecule has 1 heterocycles. The normalized spacial score (nSPS) is 10.7. The van der Waals surface area contributed by atoms with Gasteiger partial charge in [0.05, 0.1) is 25.5 Å². The van der Waals surface area contributed by atoms with E-state index in [-0.39, 0.29) is 6.61 Å². The Labute approximate surface area is 139 Å². The average Bonchev–Trinajstić information content (AvgIpc) is 3.06. The molecule has 2 rings (SSSR count). The number of ether oxygens (including phenoxy) is 3. The highest BCUT2D eigenvalue weighted by Gasteiger charge is 2.06. The van der Waals surface area contributed by atoms with Crippen molar-refractivity contribution in [3.8, 4) is 11.4 Å². The number of carbonyl (C=O) groups is 1. The minimum Gasteiger partial charge on any atom is -0.491 e. The smallest absolute Gasteiger partial charge is 0.217 e. The first-order chi connectivity index (χ1) is 11.3. The van der Waals surface area contributed by atoms with E-state index in [0.29, 0.717) is 37.9 Å². The average molecular weight is 356 g/mol. The van der Waals surface area contributed by atoms with Gasteiger partial charge in [0.1, 0.15) is 25.2 Å². The van der Waals surface area contributed by atoms with Gasteiger partial charge in [-0.15, -0.1) is 5.10 Å². The molecule has 0 spiro atoms. The monoisotopic (exact) mass is 356 g/mol. The molecule has 0 aliphatic carbocycles. The summed E-state index contributed by atoms with van der Waals surface area (Å²) in [6, 6.07) is 7.46. The van der Waals surface area contributed by atoms with Crippen LogP contribution in [0.2, 0.25) is 0 Å². The summed E-state index contributed by atoms with van der Waals surface area (Å²) >= 11 is 1.39. The van der Waals surface area contributed by atoms with E-state index in [4.69, 9.17) is 14.2 Å². The van der Waals surface area contributed by atoms with Gasteiger partial charge in [-0.05, 0) is 34.7 Å². The Morgan fingerprint density at radius 1 is 1.13 bits per heavy atom. The third-order valence-electron chi connectivity index (χ3n) is 2.68. The molecular weight excluding hydrogens is 339 g/mol. The number of hydrogen-bond donors (Lipinski definition) is 0. The van der Waals surface area contributed by atoms with Crippen LogP contribution in [0.3, 0.4) is 0 Å². The quantitative estimate of drug-likeness (QED) is 0.337. The van der Waals surface area contributed by atoms with Gasteiger partial charge in [0.15, 0.2) is 0 Å². The molecule has 2 aromatic rings. The lowest BCUT2D eigenvalue weighted by Gasteiger charge is -2.08. The van der Waals surface area contributed by atoms with Crippen LogP contribution in [0, 0.1) is 0 Å². The zero-order valence-electron chi connectivity index (χ0n) is 12.3. The molecule has 1 aromatic carbocycles. The van der Waals surface area contributed by atoms with Gasteiger partial charge in [-0.2, -0.15) is 4.68 Å². The maximum absolute atomic E-state index is 10.0. The Morgan fingerprint density at radius 2 is 1.87 bits per heavy atom. The number of rotatable bonds is 11. The highest BCUT2D eigenvalue weighted by atomic mass is 32.7. The molecule has 0 aliphatic rings. The summed E-state index contributed by atoms with van der Waals surface area (Å²) in [5, 5.41) is 12.2. The predicted octanol–water partition coefficient (Wildman–Crippen LogP) is 1.16. The summed E-state index contributed by atoms with van der Waals surface area (Å²) in [7, 11) is 2.51. The van der Waals surface area contributed by atoms with Crippen molar-refractivity contribution in [2.45, 2.75) is 5.16 Å². The fourth-order valence-corrected chi connectivity index (χ4v) is 2.43. The summed E-state index contributed by atoms with van der Waals surface area (Å²) in [5.41, 5.74) is 0.857. The Kier molecular flexibility index (Phi) is 7.96. The maximum atomic E-state index is 10.0. The lowest BCUT2D eigenvalue weighted by Crippen LogP contribution is -2.11. The first-order valence-electron chi connectivity index (χ1n) is 6.82. The molecule has 0 aliphatic heterocycles. The molecule has 124 valence electrons. The second-order valence-corrected chi connectivity index (χ2v) is 5.50. The fraction of sp³-hybridized carbons (Fsp3) is 0.385. The minimum absolute atomic E-state index is 0.102. The van der Waals surface area contributed by atoms with Crippen molar-refractivity contribution < 1.29 is 19.0 Å². The van der Waals surface area contributed by atoms with Crippen molar-refractivity contribution in [2.24, 2.45) is 0 Å². The van der Waals surface area contributed by atoms with E-state index in [1.807, 2.05) is 24.3 Å². The summed E-state index contributed by atoms with van der Waals surface area (Å²) in [4.78, 5) is 10.0. The first kappa shape index (κ1) is 17.8. The highest BCUT2D eigenvalue weighted by molar-refractivity contribution is 8.43. The first-order valence-corrected chi connectivity index (χ1v) is 9.12. The Hall–Kier alpha value is -1.54. The van der Waals surface area contributed by atoms with Crippen molar-refractivity contribution in [2.75, 3.05) is 33.0 Å². The van der Waals surface area contributed by atoms with Crippen LogP contribution in [0.15, 0.2) is 29.4 Å². The largest absolute Gasteiger partial charge is 0.491 e. The zero-order valence-corrected chi connectivity index (χ0v) is 14.3.